The molecule has 0 amide bonds. The predicted octanol–water partition coefficient (Wildman–Crippen LogP) is 6.30. The largest absolute Gasteiger partial charge is 0.458 e. The number of fused-ring (bicyclic) bond motifs is 2. The maximum absolute atomic E-state index is 13.6. The quantitative estimate of drug-likeness (QED) is 0.151. The summed E-state index contributed by atoms with van der Waals surface area (Å²) in [5, 5.41) is 65.4. The summed E-state index contributed by atoms with van der Waals surface area (Å²) < 4.78 is 13.3. The molecule has 6 N–H and O–H groups in total. The van der Waals surface area contributed by atoms with Gasteiger partial charge in [0.15, 0.2) is 5.78 Å². The zero-order valence-electron chi connectivity index (χ0n) is 37.6. The molecular weight excluding hydrogens is 741 g/mol. The number of aliphatic hydroxyl groups excluding tert-OH is 5. The van der Waals surface area contributed by atoms with Crippen LogP contribution in [0.2, 0.25) is 0 Å². The monoisotopic (exact) mass is 821 g/mol. The number of carbonyl (C=O) groups excluding carboxylic acids is 3. The van der Waals surface area contributed by atoms with E-state index in [4.69, 9.17) is 9.47 Å². The SMILES string of the molecule is CC[C@@H]1/C=C/C=C/C[C@H](C)[C@@H](O)[C@](C)(O)C(=O)[C@H](C)[C@@H](O)[C@H](C)C(=O)[C@H](C)[C@@H](O)[C@H](C)C=CC(=O)OC2[C@@H](C)C(CC1)O[C@@](C)(CC[C@@H](C)[C@H](O)CC(C)O)[C@@H]2CC. The molecule has 1 fully saturated rings. The highest BCUT2D eigenvalue weighted by Crippen LogP contribution is 2.46. The molecule has 0 spiro atoms. The Morgan fingerprint density at radius 1 is 0.845 bits per heavy atom. The number of esters is 1. The predicted molar refractivity (Wildman–Crippen MR) is 226 cm³/mol. The maximum Gasteiger partial charge on any atom is 0.330 e. The normalized spacial score (nSPS) is 42.2. The van der Waals surface area contributed by atoms with Crippen molar-refractivity contribution >= 4 is 17.5 Å². The van der Waals surface area contributed by atoms with Crippen molar-refractivity contribution in [1.29, 1.82) is 0 Å². The van der Waals surface area contributed by atoms with Crippen molar-refractivity contribution in [2.45, 2.75) is 188 Å². The van der Waals surface area contributed by atoms with E-state index < -0.39 is 95.0 Å². The van der Waals surface area contributed by atoms with Gasteiger partial charge in [0.05, 0.1) is 42.2 Å². The summed E-state index contributed by atoms with van der Waals surface area (Å²) in [7, 11) is 0. The highest BCUT2D eigenvalue weighted by atomic mass is 16.6. The highest BCUT2D eigenvalue weighted by molar-refractivity contribution is 5.91. The second kappa shape index (κ2) is 23.1. The second-order valence-corrected chi connectivity index (χ2v) is 18.6. The van der Waals surface area contributed by atoms with Gasteiger partial charge in [-0.1, -0.05) is 92.7 Å². The van der Waals surface area contributed by atoms with Crippen LogP contribution >= 0.6 is 0 Å². The fraction of sp³-hybridized carbons (Fsp3) is 0.809. The molecular formula is C47H80O11. The number of allylic oxidation sites excluding steroid dienone is 4. The third-order valence-corrected chi connectivity index (χ3v) is 13.8. The van der Waals surface area contributed by atoms with Crippen molar-refractivity contribution in [1.82, 2.24) is 0 Å². The van der Waals surface area contributed by atoms with Gasteiger partial charge in [-0.25, -0.2) is 4.79 Å². The average molecular weight is 821 g/mol. The number of ether oxygens (including phenoxy) is 2. The van der Waals surface area contributed by atoms with Gasteiger partial charge >= 0.3 is 5.97 Å². The highest BCUT2D eigenvalue weighted by Gasteiger charge is 2.51. The first-order valence-corrected chi connectivity index (χ1v) is 22.0. The number of ketones is 2. The number of rotatable bonds is 8. The van der Waals surface area contributed by atoms with E-state index in [9.17, 15) is 45.0 Å². The summed E-state index contributed by atoms with van der Waals surface area (Å²) in [6.07, 6.45) is 9.60. The second-order valence-electron chi connectivity index (χ2n) is 18.6. The fourth-order valence-electron chi connectivity index (χ4n) is 9.18. The lowest BCUT2D eigenvalue weighted by molar-refractivity contribution is -0.233. The lowest BCUT2D eigenvalue weighted by Crippen LogP contribution is -2.57. The van der Waals surface area contributed by atoms with Crippen molar-refractivity contribution in [2.24, 2.45) is 53.3 Å². The van der Waals surface area contributed by atoms with Gasteiger partial charge in [-0.3, -0.25) is 9.59 Å². The molecule has 2 bridgehead atoms. The van der Waals surface area contributed by atoms with Crippen LogP contribution in [0.1, 0.15) is 134 Å². The molecule has 2 aliphatic rings. The third-order valence-electron chi connectivity index (χ3n) is 13.8. The summed E-state index contributed by atoms with van der Waals surface area (Å²) in [6.45, 7) is 21.1. The molecule has 2 heterocycles. The Hall–Kier alpha value is -2.25. The summed E-state index contributed by atoms with van der Waals surface area (Å²) in [4.78, 5) is 40.7. The van der Waals surface area contributed by atoms with Gasteiger partial charge in [-0.2, -0.15) is 0 Å². The number of aliphatic hydroxyl groups is 6. The van der Waals surface area contributed by atoms with Gasteiger partial charge in [-0.05, 0) is 89.9 Å². The maximum atomic E-state index is 13.6. The molecule has 334 valence electrons. The molecule has 0 aromatic rings. The van der Waals surface area contributed by atoms with Crippen molar-refractivity contribution in [3.63, 3.8) is 0 Å². The van der Waals surface area contributed by atoms with Crippen molar-refractivity contribution < 1.29 is 54.5 Å². The molecule has 1 saturated heterocycles. The standard InChI is InChI=1S/C47H80O11/c1-13-35-19-17-15-16-18-29(5)44(54)47(12,56)45(55)34(10)42(53)33(9)41(52)32(8)40(51)28(4)20-23-39(50)57-43-31(7)38(22-21-35)58-46(11,36(43)14-2)25-24-27(3)37(49)26-30(6)48/h15-17,19-20,23,27-38,40,42-44,48-49,51,53-54,56H,13-14,18,21-22,24-26H2,1-12H3/b16-15+,19-17+,23-20?/t27-,28-,29+,30?,31+,32-,33-,34-,35-,36-,37-,38?,40+,42+,43?,44-,46+,47+/m1/s1. The van der Waals surface area contributed by atoms with E-state index >= 15 is 0 Å². The molecule has 2 aliphatic heterocycles. The summed E-state index contributed by atoms with van der Waals surface area (Å²) >= 11 is 0. The molecule has 11 heteroatoms. The topological polar surface area (TPSA) is 191 Å². The Balaban J connectivity index is 2.54. The number of carbonyl (C=O) groups is 3. The van der Waals surface area contributed by atoms with E-state index in [2.05, 4.69) is 33.8 Å². The van der Waals surface area contributed by atoms with Gasteiger partial charge in [0, 0.05) is 41.6 Å². The molecule has 0 aliphatic carbocycles. The first kappa shape index (κ1) is 51.9. The number of hydrogen-bond acceptors (Lipinski definition) is 11. The summed E-state index contributed by atoms with van der Waals surface area (Å²) in [5.74, 6) is -6.38. The number of Topliss-reactive ketones (excluding diaryl/α,β-unsaturated/α-hetero) is 2. The van der Waals surface area contributed by atoms with Crippen molar-refractivity contribution in [2.75, 3.05) is 0 Å². The van der Waals surface area contributed by atoms with E-state index in [0.29, 0.717) is 25.7 Å². The molecule has 2 rings (SSSR count). The zero-order chi connectivity index (χ0) is 44.3. The van der Waals surface area contributed by atoms with Crippen LogP contribution in [0.4, 0.5) is 0 Å². The van der Waals surface area contributed by atoms with Gasteiger partial charge in [0.2, 0.25) is 0 Å². The minimum absolute atomic E-state index is 0.0847. The molecule has 18 atom stereocenters. The molecule has 0 aromatic heterocycles. The smallest absolute Gasteiger partial charge is 0.330 e. The Bertz CT molecular complexity index is 1390. The van der Waals surface area contributed by atoms with Crippen LogP contribution in [0.15, 0.2) is 36.5 Å². The summed E-state index contributed by atoms with van der Waals surface area (Å²) in [5.41, 5.74) is -2.86. The van der Waals surface area contributed by atoms with Crippen LogP contribution in [-0.2, 0) is 23.9 Å². The van der Waals surface area contributed by atoms with Gasteiger partial charge < -0.3 is 40.1 Å². The molecule has 3 unspecified atom stereocenters. The van der Waals surface area contributed by atoms with Gasteiger partial charge in [-0.15, -0.1) is 0 Å². The van der Waals surface area contributed by atoms with Crippen molar-refractivity contribution in [3.05, 3.63) is 36.5 Å². The van der Waals surface area contributed by atoms with Crippen LogP contribution in [0.3, 0.4) is 0 Å². The van der Waals surface area contributed by atoms with E-state index in [1.54, 1.807) is 20.8 Å². The minimum Gasteiger partial charge on any atom is -0.458 e. The van der Waals surface area contributed by atoms with Crippen molar-refractivity contribution in [3.8, 4) is 0 Å². The first-order valence-electron chi connectivity index (χ1n) is 22.0. The van der Waals surface area contributed by atoms with Crippen LogP contribution in [0.5, 0.6) is 0 Å². The molecule has 0 saturated carbocycles. The average Bonchev–Trinajstić information content (AvgIpc) is 3.18. The lowest BCUT2D eigenvalue weighted by atomic mass is 9.70. The van der Waals surface area contributed by atoms with Crippen LogP contribution in [0.25, 0.3) is 0 Å². The van der Waals surface area contributed by atoms with E-state index in [-0.39, 0.29) is 36.2 Å². The summed E-state index contributed by atoms with van der Waals surface area (Å²) in [6, 6.07) is 0. The molecule has 58 heavy (non-hydrogen) atoms. The van der Waals surface area contributed by atoms with E-state index in [1.165, 1.54) is 39.8 Å². The molecule has 0 radical (unpaired) electrons. The van der Waals surface area contributed by atoms with E-state index in [0.717, 1.165) is 19.3 Å². The Morgan fingerprint density at radius 2 is 1.47 bits per heavy atom. The van der Waals surface area contributed by atoms with Crippen LogP contribution in [0, 0.1) is 53.3 Å². The van der Waals surface area contributed by atoms with Crippen LogP contribution in [-0.4, -0.2) is 102 Å². The molecule has 11 nitrogen and oxygen atoms in total. The van der Waals surface area contributed by atoms with Gasteiger partial charge in [0.25, 0.3) is 0 Å². The van der Waals surface area contributed by atoms with Crippen LogP contribution < -0.4 is 0 Å². The first-order chi connectivity index (χ1) is 26.9. The zero-order valence-corrected chi connectivity index (χ0v) is 37.6. The Labute approximate surface area is 349 Å². The lowest BCUT2D eigenvalue weighted by Gasteiger charge is -2.52. The van der Waals surface area contributed by atoms with E-state index in [1.807, 2.05) is 25.2 Å². The third kappa shape index (κ3) is 13.6. The minimum atomic E-state index is -2.19. The van der Waals surface area contributed by atoms with Gasteiger partial charge in [0.1, 0.15) is 17.5 Å². The number of hydrogen-bond donors (Lipinski definition) is 6. The molecule has 0 aromatic carbocycles. The Morgan fingerprint density at radius 3 is 2.05 bits per heavy atom. The fourth-order valence-corrected chi connectivity index (χ4v) is 9.18. The Kier molecular flexibility index (Phi) is 20.7.